The Labute approximate surface area is 101 Å². The normalized spacial score (nSPS) is 12.7. The second kappa shape index (κ2) is 4.81. The third kappa shape index (κ3) is 2.52. The summed E-state index contributed by atoms with van der Waals surface area (Å²) in [6.45, 7) is 4.25. The summed E-state index contributed by atoms with van der Waals surface area (Å²) in [4.78, 5) is 1.35. The lowest BCUT2D eigenvalue weighted by Crippen LogP contribution is -2.14. The highest BCUT2D eigenvalue weighted by Crippen LogP contribution is 2.22. The van der Waals surface area contributed by atoms with Gasteiger partial charge >= 0.3 is 0 Å². The lowest BCUT2D eigenvalue weighted by molar-refractivity contribution is 0.724. The summed E-state index contributed by atoms with van der Waals surface area (Å²) in [6, 6.07) is 10.8. The molecule has 1 heterocycles. The van der Waals surface area contributed by atoms with Crippen LogP contribution in [0.3, 0.4) is 0 Å². The van der Waals surface area contributed by atoms with Gasteiger partial charge in [0.1, 0.15) is 0 Å². The van der Waals surface area contributed by atoms with Crippen LogP contribution in [0.5, 0.6) is 0 Å². The minimum Gasteiger partial charge on any atom is -0.324 e. The van der Waals surface area contributed by atoms with Gasteiger partial charge in [0, 0.05) is 17.3 Å². The molecule has 0 saturated heterocycles. The zero-order chi connectivity index (χ0) is 11.5. The van der Waals surface area contributed by atoms with Crippen LogP contribution < -0.4 is 5.73 Å². The van der Waals surface area contributed by atoms with Crippen LogP contribution in [-0.4, -0.2) is 0 Å². The van der Waals surface area contributed by atoms with Gasteiger partial charge in [-0.15, -0.1) is 11.3 Å². The minimum atomic E-state index is 0.110. The quantitative estimate of drug-likeness (QED) is 0.858. The van der Waals surface area contributed by atoms with Gasteiger partial charge in [0.25, 0.3) is 0 Å². The van der Waals surface area contributed by atoms with Gasteiger partial charge in [-0.25, -0.2) is 0 Å². The van der Waals surface area contributed by atoms with E-state index in [0.717, 1.165) is 6.42 Å². The van der Waals surface area contributed by atoms with Gasteiger partial charge in [-0.3, -0.25) is 0 Å². The number of hydrogen-bond donors (Lipinski definition) is 1. The monoisotopic (exact) mass is 231 g/mol. The molecule has 0 fully saturated rings. The molecule has 16 heavy (non-hydrogen) atoms. The predicted octanol–water partition coefficient (Wildman–Crippen LogP) is 3.61. The van der Waals surface area contributed by atoms with E-state index in [4.69, 9.17) is 5.73 Å². The number of thiophene rings is 1. The number of nitrogens with two attached hydrogens (primary N) is 1. The standard InChI is InChI=1S/C14H17NS/c1-10-5-6-13(11(2)8-10)14(15)9-12-4-3-7-16-12/h3-8,14H,9,15H2,1-2H3. The Hall–Kier alpha value is -1.12. The van der Waals surface area contributed by atoms with Crippen LogP contribution in [0.1, 0.15) is 27.6 Å². The topological polar surface area (TPSA) is 26.0 Å². The summed E-state index contributed by atoms with van der Waals surface area (Å²) in [5.41, 5.74) is 10.1. The first-order chi connectivity index (χ1) is 7.66. The van der Waals surface area contributed by atoms with E-state index >= 15 is 0 Å². The zero-order valence-corrected chi connectivity index (χ0v) is 10.6. The van der Waals surface area contributed by atoms with Gasteiger partial charge in [0.2, 0.25) is 0 Å². The maximum Gasteiger partial charge on any atom is 0.0346 e. The van der Waals surface area contributed by atoms with Gasteiger partial charge in [0.15, 0.2) is 0 Å². The van der Waals surface area contributed by atoms with Crippen LogP contribution in [0, 0.1) is 13.8 Å². The fraction of sp³-hybridized carbons (Fsp3) is 0.286. The molecular weight excluding hydrogens is 214 g/mol. The first-order valence-corrected chi connectivity index (χ1v) is 6.40. The molecule has 1 unspecified atom stereocenters. The Morgan fingerprint density at radius 3 is 2.69 bits per heavy atom. The molecule has 0 bridgehead atoms. The van der Waals surface area contributed by atoms with Crippen LogP contribution in [-0.2, 0) is 6.42 Å². The number of rotatable bonds is 3. The number of aryl methyl sites for hydroxylation is 2. The van der Waals surface area contributed by atoms with E-state index < -0.39 is 0 Å². The van der Waals surface area contributed by atoms with Crippen molar-refractivity contribution in [2.45, 2.75) is 26.3 Å². The van der Waals surface area contributed by atoms with E-state index in [1.54, 1.807) is 11.3 Å². The summed E-state index contributed by atoms with van der Waals surface area (Å²) < 4.78 is 0. The van der Waals surface area contributed by atoms with Crippen molar-refractivity contribution >= 4 is 11.3 Å². The van der Waals surface area contributed by atoms with E-state index in [0.29, 0.717) is 0 Å². The Balaban J connectivity index is 2.17. The summed E-state index contributed by atoms with van der Waals surface area (Å²) in [6.07, 6.45) is 0.932. The molecular formula is C14H17NS. The van der Waals surface area contributed by atoms with Crippen LogP contribution in [0.2, 0.25) is 0 Å². The largest absolute Gasteiger partial charge is 0.324 e. The highest BCUT2D eigenvalue weighted by Gasteiger charge is 2.10. The maximum absolute atomic E-state index is 6.24. The smallest absolute Gasteiger partial charge is 0.0346 e. The molecule has 0 spiro atoms. The van der Waals surface area contributed by atoms with Gasteiger partial charge in [-0.1, -0.05) is 29.8 Å². The maximum atomic E-state index is 6.24. The third-order valence-electron chi connectivity index (χ3n) is 2.83. The predicted molar refractivity (Wildman–Crippen MR) is 70.9 cm³/mol. The zero-order valence-electron chi connectivity index (χ0n) is 9.73. The molecule has 1 nitrogen and oxygen atoms in total. The SMILES string of the molecule is Cc1ccc(C(N)Cc2cccs2)c(C)c1. The highest BCUT2D eigenvalue weighted by molar-refractivity contribution is 7.09. The van der Waals surface area contributed by atoms with E-state index in [1.165, 1.54) is 21.6 Å². The summed E-state index contributed by atoms with van der Waals surface area (Å²) in [5, 5.41) is 2.10. The molecule has 0 aliphatic carbocycles. The lowest BCUT2D eigenvalue weighted by atomic mass is 9.97. The molecule has 1 atom stereocenters. The van der Waals surface area contributed by atoms with Crippen LogP contribution >= 0.6 is 11.3 Å². The van der Waals surface area contributed by atoms with Crippen molar-refractivity contribution in [1.82, 2.24) is 0 Å². The second-order valence-corrected chi connectivity index (χ2v) is 5.28. The Bertz CT molecular complexity index is 460. The first-order valence-electron chi connectivity index (χ1n) is 5.52. The Kier molecular flexibility index (Phi) is 3.42. The van der Waals surface area contributed by atoms with Gasteiger partial charge in [0.05, 0.1) is 0 Å². The van der Waals surface area contributed by atoms with E-state index in [2.05, 4.69) is 49.6 Å². The van der Waals surface area contributed by atoms with Crippen LogP contribution in [0.4, 0.5) is 0 Å². The van der Waals surface area contributed by atoms with Crippen molar-refractivity contribution in [3.63, 3.8) is 0 Å². The fourth-order valence-corrected chi connectivity index (χ4v) is 2.76. The highest BCUT2D eigenvalue weighted by atomic mass is 32.1. The van der Waals surface area contributed by atoms with Crippen molar-refractivity contribution < 1.29 is 0 Å². The van der Waals surface area contributed by atoms with Crippen molar-refractivity contribution in [3.8, 4) is 0 Å². The second-order valence-electron chi connectivity index (χ2n) is 4.25. The van der Waals surface area contributed by atoms with Crippen molar-refractivity contribution in [2.24, 2.45) is 5.73 Å². The van der Waals surface area contributed by atoms with Crippen molar-refractivity contribution in [3.05, 3.63) is 57.3 Å². The molecule has 1 aromatic heterocycles. The molecule has 1 aromatic carbocycles. The molecule has 0 radical (unpaired) electrons. The van der Waals surface area contributed by atoms with Crippen molar-refractivity contribution in [1.29, 1.82) is 0 Å². The van der Waals surface area contributed by atoms with E-state index in [-0.39, 0.29) is 6.04 Å². The Morgan fingerprint density at radius 1 is 1.25 bits per heavy atom. The van der Waals surface area contributed by atoms with E-state index in [9.17, 15) is 0 Å². The van der Waals surface area contributed by atoms with Gasteiger partial charge in [-0.05, 0) is 36.4 Å². The average Bonchev–Trinajstić information content (AvgIpc) is 2.70. The molecule has 0 amide bonds. The molecule has 2 heteroatoms. The lowest BCUT2D eigenvalue weighted by Gasteiger charge is -2.14. The summed E-state index contributed by atoms with van der Waals surface area (Å²) >= 11 is 1.77. The molecule has 2 aromatic rings. The van der Waals surface area contributed by atoms with Gasteiger partial charge in [-0.2, -0.15) is 0 Å². The molecule has 0 saturated carbocycles. The fourth-order valence-electron chi connectivity index (χ4n) is 2.00. The Morgan fingerprint density at radius 2 is 2.06 bits per heavy atom. The minimum absolute atomic E-state index is 0.110. The summed E-state index contributed by atoms with van der Waals surface area (Å²) in [7, 11) is 0. The van der Waals surface area contributed by atoms with Crippen LogP contribution in [0.25, 0.3) is 0 Å². The molecule has 84 valence electrons. The third-order valence-corrected chi connectivity index (χ3v) is 3.72. The molecule has 2 rings (SSSR count). The van der Waals surface area contributed by atoms with E-state index in [1.807, 2.05) is 0 Å². The van der Waals surface area contributed by atoms with Gasteiger partial charge < -0.3 is 5.73 Å². The van der Waals surface area contributed by atoms with Crippen molar-refractivity contribution in [2.75, 3.05) is 0 Å². The number of benzene rings is 1. The first kappa shape index (κ1) is 11.4. The van der Waals surface area contributed by atoms with Crippen LogP contribution in [0.15, 0.2) is 35.7 Å². The average molecular weight is 231 g/mol. The molecule has 0 aliphatic rings. The molecule has 2 N–H and O–H groups in total. The number of hydrogen-bond acceptors (Lipinski definition) is 2. The summed E-state index contributed by atoms with van der Waals surface area (Å²) in [5.74, 6) is 0. The molecule has 0 aliphatic heterocycles.